The second kappa shape index (κ2) is 7.97. The number of nitrogens with one attached hydrogen (secondary N) is 1. The van der Waals surface area contributed by atoms with E-state index in [9.17, 15) is 0 Å². The van der Waals surface area contributed by atoms with Crippen molar-refractivity contribution in [3.63, 3.8) is 0 Å². The van der Waals surface area contributed by atoms with E-state index in [-0.39, 0.29) is 0 Å². The Labute approximate surface area is 143 Å². The fourth-order valence-electron chi connectivity index (χ4n) is 2.38. The first-order chi connectivity index (χ1) is 10.2. The van der Waals surface area contributed by atoms with Gasteiger partial charge in [0, 0.05) is 23.1 Å². The molecule has 0 aliphatic rings. The number of ether oxygens (including phenoxy) is 1. The minimum atomic E-state index is 0.763. The van der Waals surface area contributed by atoms with Gasteiger partial charge in [0.2, 0.25) is 0 Å². The Bertz CT molecular complexity index is 614. The van der Waals surface area contributed by atoms with Gasteiger partial charge in [0.05, 0.1) is 11.6 Å². The number of hydrogen-bond donors (Lipinski definition) is 1. The van der Waals surface area contributed by atoms with Crippen LogP contribution in [-0.4, -0.2) is 7.11 Å². The molecule has 0 spiro atoms. The third-order valence-electron chi connectivity index (χ3n) is 3.42. The summed E-state index contributed by atoms with van der Waals surface area (Å²) in [5, 5.41) is 3.50. The van der Waals surface area contributed by atoms with Gasteiger partial charge < -0.3 is 10.1 Å². The maximum atomic E-state index is 5.47. The van der Waals surface area contributed by atoms with Crippen molar-refractivity contribution >= 4 is 31.9 Å². The smallest absolute Gasteiger partial charge is 0.137 e. The Balaban J connectivity index is 2.07. The Kier molecular flexibility index (Phi) is 6.27. The molecule has 2 aromatic rings. The zero-order valence-corrected chi connectivity index (χ0v) is 15.4. The van der Waals surface area contributed by atoms with Gasteiger partial charge in [-0.05, 0) is 45.6 Å². The molecule has 112 valence electrons. The van der Waals surface area contributed by atoms with Crippen molar-refractivity contribution < 1.29 is 4.74 Å². The standard InChI is InChI=1S/C17H19Br2NO/c1-3-12-6-4-5-7-13(12)10-20-11-14-8-15(18)9-16(19)17(14)21-2/h4-9,20H,3,10-11H2,1-2H3. The molecule has 2 aromatic carbocycles. The Morgan fingerprint density at radius 2 is 1.67 bits per heavy atom. The second-order valence-electron chi connectivity index (χ2n) is 4.81. The molecule has 0 aliphatic carbocycles. The monoisotopic (exact) mass is 411 g/mol. The van der Waals surface area contributed by atoms with Crippen LogP contribution in [0.2, 0.25) is 0 Å². The molecule has 4 heteroatoms. The second-order valence-corrected chi connectivity index (χ2v) is 6.58. The number of benzene rings is 2. The molecule has 0 unspecified atom stereocenters. The summed E-state index contributed by atoms with van der Waals surface area (Å²) in [5.41, 5.74) is 3.88. The quantitative estimate of drug-likeness (QED) is 0.714. The minimum absolute atomic E-state index is 0.763. The van der Waals surface area contributed by atoms with Crippen LogP contribution >= 0.6 is 31.9 Å². The zero-order valence-electron chi connectivity index (χ0n) is 12.2. The molecular weight excluding hydrogens is 394 g/mol. The predicted molar refractivity (Wildman–Crippen MR) is 94.8 cm³/mol. The first-order valence-electron chi connectivity index (χ1n) is 6.95. The zero-order chi connectivity index (χ0) is 15.2. The largest absolute Gasteiger partial charge is 0.495 e. The van der Waals surface area contributed by atoms with Crippen LogP contribution in [-0.2, 0) is 19.5 Å². The van der Waals surface area contributed by atoms with Gasteiger partial charge >= 0.3 is 0 Å². The van der Waals surface area contributed by atoms with Gasteiger partial charge in [-0.2, -0.15) is 0 Å². The van der Waals surface area contributed by atoms with Crippen LogP contribution in [0.15, 0.2) is 45.3 Å². The molecule has 0 heterocycles. The first kappa shape index (κ1) is 16.5. The van der Waals surface area contributed by atoms with E-state index in [2.05, 4.69) is 74.4 Å². The van der Waals surface area contributed by atoms with Crippen molar-refractivity contribution in [2.75, 3.05) is 7.11 Å². The SMILES string of the molecule is CCc1ccccc1CNCc1cc(Br)cc(Br)c1OC. The van der Waals surface area contributed by atoms with Crippen molar-refractivity contribution in [1.82, 2.24) is 5.32 Å². The van der Waals surface area contributed by atoms with E-state index in [4.69, 9.17) is 4.74 Å². The van der Waals surface area contributed by atoms with Crippen LogP contribution in [0, 0.1) is 0 Å². The molecule has 0 bridgehead atoms. The van der Waals surface area contributed by atoms with Crippen molar-refractivity contribution in [1.29, 1.82) is 0 Å². The first-order valence-corrected chi connectivity index (χ1v) is 8.53. The van der Waals surface area contributed by atoms with Crippen molar-refractivity contribution in [3.05, 3.63) is 62.0 Å². The van der Waals surface area contributed by atoms with E-state index in [1.54, 1.807) is 7.11 Å². The summed E-state index contributed by atoms with van der Waals surface area (Å²) in [6.07, 6.45) is 1.06. The molecule has 21 heavy (non-hydrogen) atoms. The summed E-state index contributed by atoms with van der Waals surface area (Å²) in [6, 6.07) is 12.6. The van der Waals surface area contributed by atoms with Crippen LogP contribution < -0.4 is 10.1 Å². The van der Waals surface area contributed by atoms with E-state index in [0.29, 0.717) is 0 Å². The highest BCUT2D eigenvalue weighted by Crippen LogP contribution is 2.32. The normalized spacial score (nSPS) is 10.7. The van der Waals surface area contributed by atoms with Crippen LogP contribution in [0.4, 0.5) is 0 Å². The summed E-state index contributed by atoms with van der Waals surface area (Å²) in [7, 11) is 1.70. The number of rotatable bonds is 6. The third-order valence-corrected chi connectivity index (χ3v) is 4.47. The Morgan fingerprint density at radius 1 is 1.00 bits per heavy atom. The molecular formula is C17H19Br2NO. The third kappa shape index (κ3) is 4.31. The van der Waals surface area contributed by atoms with Crippen LogP contribution in [0.25, 0.3) is 0 Å². The average molecular weight is 413 g/mol. The molecule has 0 saturated carbocycles. The van der Waals surface area contributed by atoms with Crippen LogP contribution in [0.5, 0.6) is 5.75 Å². The van der Waals surface area contributed by atoms with Gasteiger partial charge in [-0.1, -0.05) is 47.1 Å². The van der Waals surface area contributed by atoms with Crippen molar-refractivity contribution in [2.24, 2.45) is 0 Å². The lowest BCUT2D eigenvalue weighted by Gasteiger charge is -2.13. The number of hydrogen-bond acceptors (Lipinski definition) is 2. The number of halogens is 2. The number of methoxy groups -OCH3 is 1. The highest BCUT2D eigenvalue weighted by atomic mass is 79.9. The highest BCUT2D eigenvalue weighted by Gasteiger charge is 2.09. The maximum absolute atomic E-state index is 5.47. The summed E-state index contributed by atoms with van der Waals surface area (Å²) in [5.74, 6) is 0.884. The summed E-state index contributed by atoms with van der Waals surface area (Å²) in [6.45, 7) is 3.81. The van der Waals surface area contributed by atoms with E-state index in [0.717, 1.165) is 39.8 Å². The molecule has 0 fully saturated rings. The fourth-order valence-corrected chi connectivity index (χ4v) is 3.86. The van der Waals surface area contributed by atoms with Gasteiger partial charge in [0.1, 0.15) is 5.75 Å². The molecule has 0 radical (unpaired) electrons. The summed E-state index contributed by atoms with van der Waals surface area (Å²) >= 11 is 7.06. The van der Waals surface area contributed by atoms with Gasteiger partial charge in [-0.25, -0.2) is 0 Å². The summed E-state index contributed by atoms with van der Waals surface area (Å²) in [4.78, 5) is 0. The lowest BCUT2D eigenvalue weighted by molar-refractivity contribution is 0.405. The van der Waals surface area contributed by atoms with Crippen LogP contribution in [0.1, 0.15) is 23.6 Å². The highest BCUT2D eigenvalue weighted by molar-refractivity contribution is 9.11. The topological polar surface area (TPSA) is 21.3 Å². The molecule has 0 aromatic heterocycles. The molecule has 0 saturated heterocycles. The van der Waals surface area contributed by atoms with Crippen LogP contribution in [0.3, 0.4) is 0 Å². The molecule has 2 nitrogen and oxygen atoms in total. The average Bonchev–Trinajstić information content (AvgIpc) is 2.47. The Hall–Kier alpha value is -0.840. The Morgan fingerprint density at radius 3 is 2.33 bits per heavy atom. The minimum Gasteiger partial charge on any atom is -0.495 e. The molecule has 0 atom stereocenters. The number of aryl methyl sites for hydroxylation is 1. The maximum Gasteiger partial charge on any atom is 0.137 e. The molecule has 2 rings (SSSR count). The molecule has 0 amide bonds. The van der Waals surface area contributed by atoms with Crippen molar-refractivity contribution in [2.45, 2.75) is 26.4 Å². The predicted octanol–water partition coefficient (Wildman–Crippen LogP) is 5.07. The lowest BCUT2D eigenvalue weighted by atomic mass is 10.1. The van der Waals surface area contributed by atoms with E-state index in [1.165, 1.54) is 11.1 Å². The molecule has 0 aliphatic heterocycles. The van der Waals surface area contributed by atoms with Crippen molar-refractivity contribution in [3.8, 4) is 5.75 Å². The van der Waals surface area contributed by atoms with E-state index in [1.807, 2.05) is 6.07 Å². The lowest BCUT2D eigenvalue weighted by Crippen LogP contribution is -2.14. The van der Waals surface area contributed by atoms with Gasteiger partial charge in [0.15, 0.2) is 0 Å². The van der Waals surface area contributed by atoms with E-state index >= 15 is 0 Å². The molecule has 1 N–H and O–H groups in total. The van der Waals surface area contributed by atoms with Gasteiger partial charge in [-0.3, -0.25) is 0 Å². The fraction of sp³-hybridized carbons (Fsp3) is 0.294. The summed E-state index contributed by atoms with van der Waals surface area (Å²) < 4.78 is 7.48. The van der Waals surface area contributed by atoms with Gasteiger partial charge in [0.25, 0.3) is 0 Å². The van der Waals surface area contributed by atoms with Gasteiger partial charge in [-0.15, -0.1) is 0 Å². The van der Waals surface area contributed by atoms with E-state index < -0.39 is 0 Å².